The summed E-state index contributed by atoms with van der Waals surface area (Å²) in [5.41, 5.74) is 1.05. The van der Waals surface area contributed by atoms with Crippen LogP contribution in [0.1, 0.15) is 22.0 Å². The lowest BCUT2D eigenvalue weighted by Crippen LogP contribution is -2.39. The van der Waals surface area contributed by atoms with E-state index >= 15 is 0 Å². The minimum absolute atomic E-state index is 0.0870. The number of hydrogen-bond donors (Lipinski definition) is 3. The number of aryl methyl sites for hydroxylation is 1. The Morgan fingerprint density at radius 1 is 1.42 bits per heavy atom. The van der Waals surface area contributed by atoms with Gasteiger partial charge in [0, 0.05) is 0 Å². The zero-order valence-electron chi connectivity index (χ0n) is 10.6. The van der Waals surface area contributed by atoms with Gasteiger partial charge in [-0.2, -0.15) is 0 Å². The first-order valence-electron chi connectivity index (χ1n) is 6.03. The maximum absolute atomic E-state index is 11.9. The van der Waals surface area contributed by atoms with Crippen LogP contribution < -0.4 is 5.32 Å². The number of amides is 1. The molecule has 0 aliphatic carbocycles. The number of rotatable bonds is 5. The molecule has 0 fully saturated rings. The molecule has 100 valence electrons. The van der Waals surface area contributed by atoms with Crippen molar-refractivity contribution in [3.05, 3.63) is 47.5 Å². The van der Waals surface area contributed by atoms with Crippen LogP contribution in [0.5, 0.6) is 0 Å². The minimum Gasteiger partial charge on any atom is -0.394 e. The Balaban J connectivity index is 1.97. The average Bonchev–Trinajstić information content (AvgIpc) is 2.86. The SMILES string of the molecule is Cc1nc(C(=O)N[C@H](CO)Cc2ccccc2)n[nH]1. The van der Waals surface area contributed by atoms with Crippen LogP contribution in [0.3, 0.4) is 0 Å². The van der Waals surface area contributed by atoms with Gasteiger partial charge in [0.2, 0.25) is 5.82 Å². The van der Waals surface area contributed by atoms with E-state index in [0.717, 1.165) is 5.56 Å². The van der Waals surface area contributed by atoms with Gasteiger partial charge in [0.05, 0.1) is 12.6 Å². The fourth-order valence-electron chi connectivity index (χ4n) is 1.75. The molecule has 0 aliphatic rings. The normalized spacial score (nSPS) is 12.1. The molecule has 0 bridgehead atoms. The van der Waals surface area contributed by atoms with Crippen LogP contribution in [0.15, 0.2) is 30.3 Å². The van der Waals surface area contributed by atoms with E-state index in [-0.39, 0.29) is 24.4 Å². The first kappa shape index (κ1) is 13.2. The van der Waals surface area contributed by atoms with Crippen LogP contribution >= 0.6 is 0 Å². The van der Waals surface area contributed by atoms with Crippen LogP contribution in [-0.2, 0) is 6.42 Å². The maximum atomic E-state index is 11.9. The highest BCUT2D eigenvalue weighted by atomic mass is 16.3. The van der Waals surface area contributed by atoms with E-state index in [2.05, 4.69) is 20.5 Å². The summed E-state index contributed by atoms with van der Waals surface area (Å²) < 4.78 is 0. The Morgan fingerprint density at radius 3 is 2.74 bits per heavy atom. The Hall–Kier alpha value is -2.21. The molecule has 0 spiro atoms. The lowest BCUT2D eigenvalue weighted by molar-refractivity contribution is 0.0906. The number of carbonyl (C=O) groups is 1. The molecule has 0 aliphatic heterocycles. The zero-order chi connectivity index (χ0) is 13.7. The highest BCUT2D eigenvalue weighted by Gasteiger charge is 2.16. The van der Waals surface area contributed by atoms with Crippen molar-refractivity contribution in [3.63, 3.8) is 0 Å². The number of nitrogens with one attached hydrogen (secondary N) is 2. The van der Waals surface area contributed by atoms with E-state index in [4.69, 9.17) is 0 Å². The van der Waals surface area contributed by atoms with Gasteiger partial charge in [0.15, 0.2) is 0 Å². The molecule has 0 saturated carbocycles. The highest BCUT2D eigenvalue weighted by molar-refractivity contribution is 5.90. The van der Waals surface area contributed by atoms with Crippen LogP contribution in [0.2, 0.25) is 0 Å². The highest BCUT2D eigenvalue weighted by Crippen LogP contribution is 2.03. The molecule has 0 saturated heterocycles. The molecule has 1 amide bonds. The Morgan fingerprint density at radius 2 is 2.16 bits per heavy atom. The Kier molecular flexibility index (Phi) is 4.25. The number of aromatic amines is 1. The first-order valence-corrected chi connectivity index (χ1v) is 6.03. The third-order valence-corrected chi connectivity index (χ3v) is 2.68. The fourth-order valence-corrected chi connectivity index (χ4v) is 1.75. The number of carbonyl (C=O) groups excluding carboxylic acids is 1. The molecule has 6 heteroatoms. The summed E-state index contributed by atoms with van der Waals surface area (Å²) in [7, 11) is 0. The largest absolute Gasteiger partial charge is 0.394 e. The van der Waals surface area contributed by atoms with Crippen molar-refractivity contribution in [2.75, 3.05) is 6.61 Å². The van der Waals surface area contributed by atoms with Crippen LogP contribution in [0.4, 0.5) is 0 Å². The van der Waals surface area contributed by atoms with E-state index in [9.17, 15) is 9.90 Å². The molecule has 2 rings (SSSR count). The van der Waals surface area contributed by atoms with Gasteiger partial charge in [-0.25, -0.2) is 4.98 Å². The Bertz CT molecular complexity index is 539. The van der Waals surface area contributed by atoms with Crippen LogP contribution in [-0.4, -0.2) is 38.8 Å². The number of aliphatic hydroxyl groups is 1. The van der Waals surface area contributed by atoms with E-state index in [1.54, 1.807) is 6.92 Å². The van der Waals surface area contributed by atoms with Crippen molar-refractivity contribution in [3.8, 4) is 0 Å². The molecule has 3 N–H and O–H groups in total. The molecule has 0 unspecified atom stereocenters. The molecule has 1 aromatic heterocycles. The third-order valence-electron chi connectivity index (χ3n) is 2.68. The van der Waals surface area contributed by atoms with E-state index < -0.39 is 0 Å². The fraction of sp³-hybridized carbons (Fsp3) is 0.308. The first-order chi connectivity index (χ1) is 9.19. The molecule has 1 atom stereocenters. The van der Waals surface area contributed by atoms with Crippen molar-refractivity contribution in [2.45, 2.75) is 19.4 Å². The van der Waals surface area contributed by atoms with Gasteiger partial charge in [-0.05, 0) is 18.9 Å². The summed E-state index contributed by atoms with van der Waals surface area (Å²) >= 11 is 0. The second-order valence-electron chi connectivity index (χ2n) is 4.29. The maximum Gasteiger partial charge on any atom is 0.291 e. The van der Waals surface area contributed by atoms with Gasteiger partial charge < -0.3 is 10.4 Å². The summed E-state index contributed by atoms with van der Waals surface area (Å²) in [6, 6.07) is 9.31. The number of nitrogens with zero attached hydrogens (tertiary/aromatic N) is 2. The number of H-pyrrole nitrogens is 1. The zero-order valence-corrected chi connectivity index (χ0v) is 10.6. The predicted octanol–water partition coefficient (Wildman–Crippen LogP) is 0.447. The van der Waals surface area contributed by atoms with Gasteiger partial charge in [-0.1, -0.05) is 30.3 Å². The second-order valence-corrected chi connectivity index (χ2v) is 4.29. The molecular formula is C13H16N4O2. The molecule has 0 radical (unpaired) electrons. The third kappa shape index (κ3) is 3.62. The second kappa shape index (κ2) is 6.10. The molecule has 19 heavy (non-hydrogen) atoms. The molecule has 6 nitrogen and oxygen atoms in total. The van der Waals surface area contributed by atoms with E-state index in [1.165, 1.54) is 0 Å². The lowest BCUT2D eigenvalue weighted by atomic mass is 10.1. The van der Waals surface area contributed by atoms with Gasteiger partial charge in [-0.15, -0.1) is 5.10 Å². The van der Waals surface area contributed by atoms with Gasteiger partial charge in [0.25, 0.3) is 5.91 Å². The smallest absolute Gasteiger partial charge is 0.291 e. The molecular weight excluding hydrogens is 244 g/mol. The summed E-state index contributed by atoms with van der Waals surface area (Å²) in [5, 5.41) is 18.4. The molecule has 1 aromatic carbocycles. The van der Waals surface area contributed by atoms with Crippen LogP contribution in [0, 0.1) is 6.92 Å². The summed E-state index contributed by atoms with van der Waals surface area (Å²) in [5.74, 6) is 0.275. The number of hydrogen-bond acceptors (Lipinski definition) is 4. The standard InChI is InChI=1S/C13H16N4O2/c1-9-14-12(17-16-9)13(19)15-11(8-18)7-10-5-3-2-4-6-10/h2-6,11,18H,7-8H2,1H3,(H,15,19)(H,14,16,17)/t11-/m0/s1. The quantitative estimate of drug-likeness (QED) is 0.727. The lowest BCUT2D eigenvalue weighted by Gasteiger charge is -2.15. The number of aromatic nitrogens is 3. The minimum atomic E-state index is -0.390. The predicted molar refractivity (Wildman–Crippen MR) is 69.6 cm³/mol. The van der Waals surface area contributed by atoms with Crippen LogP contribution in [0.25, 0.3) is 0 Å². The van der Waals surface area contributed by atoms with Crippen molar-refractivity contribution >= 4 is 5.91 Å². The van der Waals surface area contributed by atoms with Crippen molar-refractivity contribution in [2.24, 2.45) is 0 Å². The molecule has 1 heterocycles. The topological polar surface area (TPSA) is 90.9 Å². The van der Waals surface area contributed by atoms with Crippen molar-refractivity contribution in [1.82, 2.24) is 20.5 Å². The summed E-state index contributed by atoms with van der Waals surface area (Å²) in [6.07, 6.45) is 0.562. The van der Waals surface area contributed by atoms with E-state index in [1.807, 2.05) is 30.3 Å². The van der Waals surface area contributed by atoms with Gasteiger partial charge >= 0.3 is 0 Å². The monoisotopic (exact) mass is 260 g/mol. The number of benzene rings is 1. The average molecular weight is 260 g/mol. The van der Waals surface area contributed by atoms with E-state index in [0.29, 0.717) is 12.2 Å². The van der Waals surface area contributed by atoms with Crippen molar-refractivity contribution < 1.29 is 9.90 Å². The van der Waals surface area contributed by atoms with Gasteiger partial charge in [-0.3, -0.25) is 9.89 Å². The summed E-state index contributed by atoms with van der Waals surface area (Å²) in [6.45, 7) is 1.58. The Labute approximate surface area is 110 Å². The summed E-state index contributed by atoms with van der Waals surface area (Å²) in [4.78, 5) is 15.8. The number of aliphatic hydroxyl groups excluding tert-OH is 1. The molecule has 2 aromatic rings. The van der Waals surface area contributed by atoms with Gasteiger partial charge in [0.1, 0.15) is 5.82 Å². The van der Waals surface area contributed by atoms with Crippen molar-refractivity contribution in [1.29, 1.82) is 0 Å².